The van der Waals surface area contributed by atoms with Gasteiger partial charge >= 0.3 is 0 Å². The van der Waals surface area contributed by atoms with Crippen molar-refractivity contribution in [2.45, 2.75) is 6.04 Å². The van der Waals surface area contributed by atoms with Crippen LogP contribution in [-0.4, -0.2) is 43.5 Å². The van der Waals surface area contributed by atoms with E-state index in [2.05, 4.69) is 15.5 Å². The van der Waals surface area contributed by atoms with Crippen LogP contribution >= 0.6 is 22.9 Å². The number of hydrogen-bond donors (Lipinski definition) is 2. The van der Waals surface area contributed by atoms with E-state index >= 15 is 0 Å². The molecular weight excluding hydrogens is 246 g/mol. The minimum Gasteiger partial charge on any atom is -0.316 e. The van der Waals surface area contributed by atoms with Gasteiger partial charge in [-0.15, -0.1) is 11.3 Å². The number of nitrogens with zero attached hydrogens (tertiary/aromatic N) is 1. The molecule has 88 valence electrons. The molecule has 1 aromatic rings. The Morgan fingerprint density at radius 2 is 2.50 bits per heavy atom. The first kappa shape index (κ1) is 11.9. The lowest BCUT2D eigenvalue weighted by Crippen LogP contribution is -2.54. The second-order valence-corrected chi connectivity index (χ2v) is 5.51. The Morgan fingerprint density at radius 1 is 1.69 bits per heavy atom. The van der Waals surface area contributed by atoms with Crippen LogP contribution in [0.5, 0.6) is 0 Å². The zero-order valence-corrected chi connectivity index (χ0v) is 10.6. The summed E-state index contributed by atoms with van der Waals surface area (Å²) in [5.74, 6) is 0.0215. The molecule has 0 saturated carbocycles. The highest BCUT2D eigenvalue weighted by Gasteiger charge is 2.25. The number of halogens is 1. The number of anilines is 1. The van der Waals surface area contributed by atoms with Crippen LogP contribution < -0.4 is 10.6 Å². The molecule has 2 N–H and O–H groups in total. The third kappa shape index (κ3) is 2.74. The van der Waals surface area contributed by atoms with E-state index < -0.39 is 0 Å². The van der Waals surface area contributed by atoms with Crippen molar-refractivity contribution in [3.8, 4) is 0 Å². The maximum atomic E-state index is 12.0. The Labute approximate surface area is 104 Å². The van der Waals surface area contributed by atoms with E-state index in [1.807, 2.05) is 13.1 Å². The highest BCUT2D eigenvalue weighted by molar-refractivity contribution is 7.20. The van der Waals surface area contributed by atoms with Crippen molar-refractivity contribution in [1.29, 1.82) is 0 Å². The number of hydrogen-bond acceptors (Lipinski definition) is 4. The maximum absolute atomic E-state index is 12.0. The van der Waals surface area contributed by atoms with Crippen molar-refractivity contribution in [2.75, 3.05) is 32.0 Å². The van der Waals surface area contributed by atoms with Crippen LogP contribution in [0.2, 0.25) is 4.34 Å². The standard InChI is InChI=1S/C10H14ClN3OS/c1-14-5-4-12-6-7(14)10(15)13-9-3-2-8(11)16-9/h2-3,7,12H,4-6H2,1H3,(H,13,15). The molecule has 0 aliphatic carbocycles. The van der Waals surface area contributed by atoms with Gasteiger partial charge in [0.15, 0.2) is 0 Å². The van der Waals surface area contributed by atoms with Crippen LogP contribution in [0.3, 0.4) is 0 Å². The lowest BCUT2D eigenvalue weighted by atomic mass is 10.2. The minimum absolute atomic E-state index is 0.0215. The van der Waals surface area contributed by atoms with Gasteiger partial charge in [0, 0.05) is 19.6 Å². The van der Waals surface area contributed by atoms with Crippen LogP contribution in [0.1, 0.15) is 0 Å². The maximum Gasteiger partial charge on any atom is 0.243 e. The highest BCUT2D eigenvalue weighted by atomic mass is 35.5. The summed E-state index contributed by atoms with van der Waals surface area (Å²) in [5, 5.41) is 6.89. The number of carbonyl (C=O) groups is 1. The Balaban J connectivity index is 1.96. The summed E-state index contributed by atoms with van der Waals surface area (Å²) in [5.41, 5.74) is 0. The molecule has 1 amide bonds. The zero-order valence-electron chi connectivity index (χ0n) is 9.00. The Hall–Kier alpha value is -0.620. The van der Waals surface area contributed by atoms with Gasteiger partial charge in [0.05, 0.1) is 9.34 Å². The second kappa shape index (κ2) is 5.14. The first-order chi connectivity index (χ1) is 7.66. The predicted octanol–water partition coefficient (Wildman–Crippen LogP) is 1.24. The number of carbonyl (C=O) groups excluding carboxylic acids is 1. The van der Waals surface area contributed by atoms with E-state index in [0.717, 1.165) is 18.1 Å². The van der Waals surface area contributed by atoms with E-state index in [4.69, 9.17) is 11.6 Å². The van der Waals surface area contributed by atoms with Gasteiger partial charge in [0.2, 0.25) is 5.91 Å². The van der Waals surface area contributed by atoms with Crippen LogP contribution in [-0.2, 0) is 4.79 Å². The number of rotatable bonds is 2. The largest absolute Gasteiger partial charge is 0.316 e. The molecular formula is C10H14ClN3OS. The molecule has 1 aromatic heterocycles. The van der Waals surface area contributed by atoms with E-state index in [9.17, 15) is 4.79 Å². The average Bonchev–Trinajstić information content (AvgIpc) is 2.64. The molecule has 0 spiro atoms. The average molecular weight is 260 g/mol. The molecule has 1 aliphatic heterocycles. The molecule has 1 atom stereocenters. The summed E-state index contributed by atoms with van der Waals surface area (Å²) in [6.45, 7) is 2.52. The molecule has 1 unspecified atom stereocenters. The molecule has 1 saturated heterocycles. The SMILES string of the molecule is CN1CCNCC1C(=O)Nc1ccc(Cl)s1. The van der Waals surface area contributed by atoms with Gasteiger partial charge in [-0.1, -0.05) is 11.6 Å². The van der Waals surface area contributed by atoms with E-state index in [1.165, 1.54) is 11.3 Å². The molecule has 6 heteroatoms. The zero-order chi connectivity index (χ0) is 11.5. The Bertz CT molecular complexity index is 382. The van der Waals surface area contributed by atoms with Gasteiger partial charge in [0.1, 0.15) is 6.04 Å². The highest BCUT2D eigenvalue weighted by Crippen LogP contribution is 2.26. The molecule has 2 rings (SSSR count). The summed E-state index contributed by atoms with van der Waals surface area (Å²) in [6, 6.07) is 3.50. The smallest absolute Gasteiger partial charge is 0.243 e. The molecule has 1 aliphatic rings. The molecule has 0 aromatic carbocycles. The third-order valence-corrected chi connectivity index (χ3v) is 3.78. The van der Waals surface area contributed by atoms with Gasteiger partial charge < -0.3 is 10.6 Å². The van der Waals surface area contributed by atoms with Crippen molar-refractivity contribution in [1.82, 2.24) is 10.2 Å². The summed E-state index contributed by atoms with van der Waals surface area (Å²) in [6.07, 6.45) is 0. The van der Waals surface area contributed by atoms with Gasteiger partial charge in [-0.3, -0.25) is 9.69 Å². The van der Waals surface area contributed by atoms with Crippen LogP contribution in [0, 0.1) is 0 Å². The normalized spacial score (nSPS) is 22.0. The Morgan fingerprint density at radius 3 is 3.12 bits per heavy atom. The minimum atomic E-state index is -0.102. The summed E-state index contributed by atoms with van der Waals surface area (Å²) >= 11 is 7.18. The van der Waals surface area contributed by atoms with Gasteiger partial charge in [-0.25, -0.2) is 0 Å². The predicted molar refractivity (Wildman–Crippen MR) is 67.2 cm³/mol. The summed E-state index contributed by atoms with van der Waals surface area (Å²) in [7, 11) is 1.96. The van der Waals surface area contributed by atoms with Gasteiger partial charge in [-0.2, -0.15) is 0 Å². The van der Waals surface area contributed by atoms with Crippen molar-refractivity contribution >= 4 is 33.8 Å². The lowest BCUT2D eigenvalue weighted by molar-refractivity contribution is -0.121. The second-order valence-electron chi connectivity index (χ2n) is 3.79. The lowest BCUT2D eigenvalue weighted by Gasteiger charge is -2.31. The first-order valence-electron chi connectivity index (χ1n) is 5.14. The molecule has 16 heavy (non-hydrogen) atoms. The monoisotopic (exact) mass is 259 g/mol. The fourth-order valence-electron chi connectivity index (χ4n) is 1.68. The molecule has 2 heterocycles. The fourth-order valence-corrected chi connectivity index (χ4v) is 2.63. The van der Waals surface area contributed by atoms with Crippen LogP contribution in [0.15, 0.2) is 12.1 Å². The molecule has 1 fully saturated rings. The molecule has 0 radical (unpaired) electrons. The van der Waals surface area contributed by atoms with E-state index in [1.54, 1.807) is 6.07 Å². The van der Waals surface area contributed by atoms with Gasteiger partial charge in [-0.05, 0) is 19.2 Å². The number of nitrogens with one attached hydrogen (secondary N) is 2. The fraction of sp³-hybridized carbons (Fsp3) is 0.500. The number of piperazine rings is 1. The van der Waals surface area contributed by atoms with Crippen LogP contribution in [0.4, 0.5) is 5.00 Å². The topological polar surface area (TPSA) is 44.4 Å². The Kier molecular flexibility index (Phi) is 3.81. The van der Waals surface area contributed by atoms with Crippen molar-refractivity contribution in [2.24, 2.45) is 0 Å². The summed E-state index contributed by atoms with van der Waals surface area (Å²) in [4.78, 5) is 14.0. The molecule has 4 nitrogen and oxygen atoms in total. The van der Waals surface area contributed by atoms with Crippen molar-refractivity contribution in [3.05, 3.63) is 16.5 Å². The third-order valence-electron chi connectivity index (χ3n) is 2.63. The van der Waals surface area contributed by atoms with E-state index in [0.29, 0.717) is 10.9 Å². The number of likely N-dealkylation sites (N-methyl/N-ethyl adjacent to an activating group) is 1. The van der Waals surface area contributed by atoms with Crippen molar-refractivity contribution in [3.63, 3.8) is 0 Å². The van der Waals surface area contributed by atoms with E-state index in [-0.39, 0.29) is 11.9 Å². The first-order valence-corrected chi connectivity index (χ1v) is 6.33. The number of amides is 1. The van der Waals surface area contributed by atoms with Gasteiger partial charge in [0.25, 0.3) is 0 Å². The summed E-state index contributed by atoms with van der Waals surface area (Å²) < 4.78 is 0.686. The van der Waals surface area contributed by atoms with Crippen LogP contribution in [0.25, 0.3) is 0 Å². The number of thiophene rings is 1. The molecule has 0 bridgehead atoms. The van der Waals surface area contributed by atoms with Crippen molar-refractivity contribution < 1.29 is 4.79 Å². The quantitative estimate of drug-likeness (QED) is 0.840.